The van der Waals surface area contributed by atoms with E-state index in [9.17, 15) is 17.9 Å². The Bertz CT molecular complexity index is 1100. The van der Waals surface area contributed by atoms with E-state index in [0.717, 1.165) is 11.1 Å². The quantitative estimate of drug-likeness (QED) is 0.554. The SMILES string of the molecule is NS(=O)(=O)c1cccc(-c2ccc(CN3CC(O)C(F)C3)cc2)c1-c1nn[nH]n1. The van der Waals surface area contributed by atoms with Crippen LogP contribution in [-0.4, -0.2) is 64.4 Å². The van der Waals surface area contributed by atoms with Crippen molar-refractivity contribution >= 4 is 10.0 Å². The van der Waals surface area contributed by atoms with Gasteiger partial charge in [-0.05, 0) is 28.0 Å². The molecule has 11 heteroatoms. The van der Waals surface area contributed by atoms with Crippen LogP contribution in [0.15, 0.2) is 47.4 Å². The van der Waals surface area contributed by atoms with Crippen LogP contribution in [0.1, 0.15) is 5.56 Å². The second-order valence-corrected chi connectivity index (χ2v) is 8.46. The number of alkyl halides is 1. The van der Waals surface area contributed by atoms with E-state index in [0.29, 0.717) is 18.7 Å². The number of β-amino-alcohol motifs (C(OH)–C–C–N with tert-alkyl or cyclic N) is 1. The average Bonchev–Trinajstić information content (AvgIpc) is 3.31. The first-order valence-electron chi connectivity index (χ1n) is 8.86. The number of aliphatic hydroxyl groups is 1. The summed E-state index contributed by atoms with van der Waals surface area (Å²) in [6.07, 6.45) is -2.18. The van der Waals surface area contributed by atoms with Crippen molar-refractivity contribution in [1.82, 2.24) is 25.5 Å². The van der Waals surface area contributed by atoms with Crippen LogP contribution in [0, 0.1) is 0 Å². The molecule has 1 aliphatic rings. The molecule has 4 N–H and O–H groups in total. The molecule has 1 fully saturated rings. The van der Waals surface area contributed by atoms with Gasteiger partial charge in [-0.25, -0.2) is 17.9 Å². The number of aromatic amines is 1. The molecule has 0 radical (unpaired) electrons. The summed E-state index contributed by atoms with van der Waals surface area (Å²) < 4.78 is 37.6. The standard InChI is InChI=1S/C18H19FN6O3S/c19-14-9-25(10-15(14)26)8-11-4-6-12(7-5-11)13-2-1-3-16(29(20,27)28)17(13)18-21-23-24-22-18/h1-7,14-15,26H,8-10H2,(H2,20,27,28)(H,21,22,23,24). The number of aliphatic hydroxyl groups excluding tert-OH is 1. The Labute approximate surface area is 166 Å². The highest BCUT2D eigenvalue weighted by Crippen LogP contribution is 2.35. The van der Waals surface area contributed by atoms with Crippen LogP contribution >= 0.6 is 0 Å². The third-order valence-corrected chi connectivity index (χ3v) is 5.82. The topological polar surface area (TPSA) is 138 Å². The Morgan fingerprint density at radius 3 is 2.55 bits per heavy atom. The second-order valence-electron chi connectivity index (χ2n) is 6.93. The number of likely N-dealkylation sites (tertiary alicyclic amines) is 1. The molecule has 0 saturated carbocycles. The minimum Gasteiger partial charge on any atom is -0.389 e. The minimum atomic E-state index is -4.01. The summed E-state index contributed by atoms with van der Waals surface area (Å²) in [6, 6.07) is 12.2. The zero-order chi connectivity index (χ0) is 20.6. The highest BCUT2D eigenvalue weighted by molar-refractivity contribution is 7.89. The van der Waals surface area contributed by atoms with E-state index >= 15 is 0 Å². The van der Waals surface area contributed by atoms with E-state index < -0.39 is 22.3 Å². The first-order chi connectivity index (χ1) is 13.8. The summed E-state index contributed by atoms with van der Waals surface area (Å²) in [6.45, 7) is 0.995. The van der Waals surface area contributed by atoms with Crippen molar-refractivity contribution in [1.29, 1.82) is 0 Å². The summed E-state index contributed by atoms with van der Waals surface area (Å²) in [7, 11) is -4.01. The summed E-state index contributed by atoms with van der Waals surface area (Å²) in [5, 5.41) is 28.6. The van der Waals surface area contributed by atoms with Gasteiger partial charge in [0.2, 0.25) is 15.8 Å². The van der Waals surface area contributed by atoms with Crippen molar-refractivity contribution in [2.75, 3.05) is 13.1 Å². The fourth-order valence-corrected chi connectivity index (χ4v) is 4.26. The molecule has 4 rings (SSSR count). The molecule has 0 amide bonds. The summed E-state index contributed by atoms with van der Waals surface area (Å²) >= 11 is 0. The number of H-pyrrole nitrogens is 1. The number of aromatic nitrogens is 4. The van der Waals surface area contributed by atoms with Gasteiger partial charge in [-0.2, -0.15) is 5.21 Å². The molecular formula is C18H19FN6O3S. The number of nitrogens with one attached hydrogen (secondary N) is 1. The predicted molar refractivity (Wildman–Crippen MR) is 103 cm³/mol. The van der Waals surface area contributed by atoms with Crippen LogP contribution in [0.25, 0.3) is 22.5 Å². The predicted octanol–water partition coefficient (Wildman–Crippen LogP) is 0.696. The summed E-state index contributed by atoms with van der Waals surface area (Å²) in [5.74, 6) is 0.119. The van der Waals surface area contributed by atoms with Crippen molar-refractivity contribution in [2.45, 2.75) is 23.7 Å². The molecule has 1 aliphatic heterocycles. The monoisotopic (exact) mass is 418 g/mol. The van der Waals surface area contributed by atoms with Crippen LogP contribution in [0.3, 0.4) is 0 Å². The lowest BCUT2D eigenvalue weighted by atomic mass is 9.98. The number of hydrogen-bond acceptors (Lipinski definition) is 7. The molecule has 2 heterocycles. The third-order valence-electron chi connectivity index (χ3n) is 4.87. The van der Waals surface area contributed by atoms with Crippen molar-refractivity contribution < 1.29 is 17.9 Å². The first-order valence-corrected chi connectivity index (χ1v) is 10.4. The third kappa shape index (κ3) is 4.03. The number of benzene rings is 2. The summed E-state index contributed by atoms with van der Waals surface area (Å²) in [4.78, 5) is 1.75. The molecule has 0 spiro atoms. The number of nitrogens with two attached hydrogens (primary N) is 1. The number of rotatable bonds is 5. The largest absolute Gasteiger partial charge is 0.389 e. The maximum Gasteiger partial charge on any atom is 0.238 e. The van der Waals surface area contributed by atoms with Crippen molar-refractivity contribution in [3.05, 3.63) is 48.0 Å². The van der Waals surface area contributed by atoms with E-state index in [1.54, 1.807) is 12.1 Å². The van der Waals surface area contributed by atoms with E-state index in [1.807, 2.05) is 29.2 Å². The number of primary sulfonamides is 1. The first kappa shape index (κ1) is 19.6. The Morgan fingerprint density at radius 1 is 1.21 bits per heavy atom. The molecule has 2 aromatic carbocycles. The van der Waals surface area contributed by atoms with Crippen LogP contribution in [0.5, 0.6) is 0 Å². The highest BCUT2D eigenvalue weighted by atomic mass is 32.2. The van der Waals surface area contributed by atoms with Crippen molar-refractivity contribution in [3.63, 3.8) is 0 Å². The second kappa shape index (κ2) is 7.59. The van der Waals surface area contributed by atoms with Gasteiger partial charge in [-0.1, -0.05) is 36.4 Å². The number of halogens is 1. The van der Waals surface area contributed by atoms with Gasteiger partial charge in [-0.3, -0.25) is 4.90 Å². The van der Waals surface area contributed by atoms with Gasteiger partial charge < -0.3 is 5.11 Å². The van der Waals surface area contributed by atoms with Gasteiger partial charge in [0.25, 0.3) is 0 Å². The molecule has 3 aromatic rings. The minimum absolute atomic E-state index is 0.0967. The lowest BCUT2D eigenvalue weighted by Gasteiger charge is -2.15. The van der Waals surface area contributed by atoms with Crippen LogP contribution < -0.4 is 5.14 Å². The highest BCUT2D eigenvalue weighted by Gasteiger charge is 2.31. The van der Waals surface area contributed by atoms with Crippen LogP contribution in [0.2, 0.25) is 0 Å². The maximum absolute atomic E-state index is 13.5. The maximum atomic E-state index is 13.5. The van der Waals surface area contributed by atoms with Crippen LogP contribution in [0.4, 0.5) is 4.39 Å². The molecule has 1 aromatic heterocycles. The smallest absolute Gasteiger partial charge is 0.238 e. The Balaban J connectivity index is 1.69. The van der Waals surface area contributed by atoms with Gasteiger partial charge in [-0.15, -0.1) is 10.2 Å². The zero-order valence-corrected chi connectivity index (χ0v) is 16.1. The van der Waals surface area contributed by atoms with E-state index in [2.05, 4.69) is 20.6 Å². The summed E-state index contributed by atoms with van der Waals surface area (Å²) in [5.41, 5.74) is 2.53. The zero-order valence-electron chi connectivity index (χ0n) is 15.2. The van der Waals surface area contributed by atoms with Crippen molar-refractivity contribution in [3.8, 4) is 22.5 Å². The molecule has 1 saturated heterocycles. The number of nitrogens with zero attached hydrogens (tertiary/aromatic N) is 4. The molecule has 0 aliphatic carbocycles. The van der Waals surface area contributed by atoms with Crippen molar-refractivity contribution in [2.24, 2.45) is 5.14 Å². The van der Waals surface area contributed by atoms with E-state index in [-0.39, 0.29) is 22.8 Å². The van der Waals surface area contributed by atoms with Crippen LogP contribution in [-0.2, 0) is 16.6 Å². The van der Waals surface area contributed by atoms with E-state index in [4.69, 9.17) is 5.14 Å². The molecule has 29 heavy (non-hydrogen) atoms. The lowest BCUT2D eigenvalue weighted by Crippen LogP contribution is -2.21. The molecule has 9 nitrogen and oxygen atoms in total. The Hall–Kier alpha value is -2.73. The van der Waals surface area contributed by atoms with Gasteiger partial charge in [0, 0.05) is 19.6 Å². The fourth-order valence-electron chi connectivity index (χ4n) is 3.51. The average molecular weight is 418 g/mol. The normalized spacial score (nSPS) is 20.2. The number of hydrogen-bond donors (Lipinski definition) is 3. The number of sulfonamides is 1. The fraction of sp³-hybridized carbons (Fsp3) is 0.278. The Morgan fingerprint density at radius 2 is 1.97 bits per heavy atom. The molecule has 0 bridgehead atoms. The Kier molecular flexibility index (Phi) is 5.13. The molecular weight excluding hydrogens is 399 g/mol. The molecule has 2 unspecified atom stereocenters. The number of tetrazole rings is 1. The van der Waals surface area contributed by atoms with Gasteiger partial charge in [0.1, 0.15) is 6.17 Å². The molecule has 152 valence electrons. The van der Waals surface area contributed by atoms with Gasteiger partial charge in [0.15, 0.2) is 0 Å². The van der Waals surface area contributed by atoms with Gasteiger partial charge >= 0.3 is 0 Å². The lowest BCUT2D eigenvalue weighted by molar-refractivity contribution is 0.115. The van der Waals surface area contributed by atoms with E-state index in [1.165, 1.54) is 6.07 Å². The van der Waals surface area contributed by atoms with Gasteiger partial charge in [0.05, 0.1) is 16.6 Å². The molecule has 2 atom stereocenters.